The highest BCUT2D eigenvalue weighted by molar-refractivity contribution is 6.03. The van der Waals surface area contributed by atoms with Gasteiger partial charge in [-0.1, -0.05) is 0 Å². The predicted molar refractivity (Wildman–Crippen MR) is 95.3 cm³/mol. The van der Waals surface area contributed by atoms with Gasteiger partial charge in [-0.25, -0.2) is 0 Å². The second-order valence-corrected chi connectivity index (χ2v) is 6.13. The molecular formula is C19H15N3O5. The minimum atomic E-state index is -0.309. The van der Waals surface area contributed by atoms with Crippen LogP contribution in [0.5, 0.6) is 23.0 Å². The number of amides is 1. The zero-order valence-electron chi connectivity index (χ0n) is 14.4. The number of aryl methyl sites for hydroxylation is 1. The second-order valence-electron chi connectivity index (χ2n) is 6.13. The Hall–Kier alpha value is -3.68. The Bertz CT molecular complexity index is 1060. The van der Waals surface area contributed by atoms with Crippen molar-refractivity contribution >= 4 is 11.6 Å². The maximum absolute atomic E-state index is 12.6. The number of carbonyl (C=O) groups is 1. The average Bonchev–Trinajstić information content (AvgIpc) is 3.39. The number of hydrogen-bond donors (Lipinski definition) is 1. The summed E-state index contributed by atoms with van der Waals surface area (Å²) in [4.78, 5) is 12.6. The minimum Gasteiger partial charge on any atom is -0.454 e. The van der Waals surface area contributed by atoms with Crippen LogP contribution in [0.15, 0.2) is 42.5 Å². The van der Waals surface area contributed by atoms with Crippen molar-refractivity contribution in [3.63, 3.8) is 0 Å². The molecule has 1 amide bonds. The van der Waals surface area contributed by atoms with Crippen molar-refractivity contribution in [3.05, 3.63) is 48.2 Å². The van der Waals surface area contributed by atoms with Crippen molar-refractivity contribution in [1.82, 2.24) is 9.78 Å². The van der Waals surface area contributed by atoms with E-state index in [0.29, 0.717) is 34.4 Å². The lowest BCUT2D eigenvalue weighted by Crippen LogP contribution is -2.12. The third kappa shape index (κ3) is 2.71. The van der Waals surface area contributed by atoms with Gasteiger partial charge in [-0.15, -0.1) is 0 Å². The molecule has 0 aliphatic carbocycles. The third-order valence-electron chi connectivity index (χ3n) is 4.41. The van der Waals surface area contributed by atoms with Gasteiger partial charge in [-0.05, 0) is 36.4 Å². The lowest BCUT2D eigenvalue weighted by atomic mass is 10.1. The molecule has 0 spiro atoms. The summed E-state index contributed by atoms with van der Waals surface area (Å²) in [7, 11) is 1.79. The van der Waals surface area contributed by atoms with E-state index >= 15 is 0 Å². The van der Waals surface area contributed by atoms with Crippen LogP contribution in [0.25, 0.3) is 11.3 Å². The molecule has 0 atom stereocenters. The molecule has 8 nitrogen and oxygen atoms in total. The molecule has 2 aromatic carbocycles. The van der Waals surface area contributed by atoms with Gasteiger partial charge in [-0.3, -0.25) is 9.48 Å². The van der Waals surface area contributed by atoms with E-state index in [1.165, 1.54) is 0 Å². The van der Waals surface area contributed by atoms with E-state index < -0.39 is 0 Å². The molecule has 0 radical (unpaired) electrons. The number of fused-ring (bicyclic) bond motifs is 2. The fraction of sp³-hybridized carbons (Fsp3) is 0.158. The molecule has 1 N–H and O–H groups in total. The fourth-order valence-electron chi connectivity index (χ4n) is 3.07. The number of carbonyl (C=O) groups excluding carboxylic acids is 1. The standard InChI is InChI=1S/C19H15N3O5/c1-22-14(11-2-4-15-17(6-11)26-9-24-15)8-13(21-22)19(23)20-12-3-5-16-18(7-12)27-10-25-16/h2-8H,9-10H2,1H3,(H,20,23). The molecule has 5 rings (SSSR count). The van der Waals surface area contributed by atoms with E-state index in [9.17, 15) is 4.79 Å². The van der Waals surface area contributed by atoms with Gasteiger partial charge >= 0.3 is 0 Å². The normalized spacial score (nSPS) is 13.7. The molecule has 1 aromatic heterocycles. The fourth-order valence-corrected chi connectivity index (χ4v) is 3.07. The number of nitrogens with one attached hydrogen (secondary N) is 1. The quantitative estimate of drug-likeness (QED) is 0.768. The number of nitrogens with zero attached hydrogens (tertiary/aromatic N) is 2. The topological polar surface area (TPSA) is 83.8 Å². The summed E-state index contributed by atoms with van der Waals surface area (Å²) in [6, 6.07) is 12.6. The van der Waals surface area contributed by atoms with E-state index in [-0.39, 0.29) is 19.5 Å². The van der Waals surface area contributed by atoms with Gasteiger partial charge in [0.1, 0.15) is 0 Å². The first-order valence-electron chi connectivity index (χ1n) is 8.32. The Balaban J connectivity index is 1.40. The average molecular weight is 365 g/mol. The molecule has 8 heteroatoms. The number of aromatic nitrogens is 2. The molecule has 2 aliphatic heterocycles. The highest BCUT2D eigenvalue weighted by Crippen LogP contribution is 2.36. The molecule has 0 saturated carbocycles. The molecule has 2 aliphatic rings. The number of anilines is 1. The summed E-state index contributed by atoms with van der Waals surface area (Å²) in [5.74, 6) is 2.35. The maximum atomic E-state index is 12.6. The molecule has 3 aromatic rings. The first-order valence-corrected chi connectivity index (χ1v) is 8.32. The first kappa shape index (κ1) is 15.6. The summed E-state index contributed by atoms with van der Waals surface area (Å²) in [5, 5.41) is 7.15. The molecule has 3 heterocycles. The Labute approximate surface area is 154 Å². The zero-order valence-corrected chi connectivity index (χ0v) is 14.4. The van der Waals surface area contributed by atoms with Crippen LogP contribution in [-0.2, 0) is 7.05 Å². The van der Waals surface area contributed by atoms with Crippen molar-refractivity contribution in [3.8, 4) is 34.3 Å². The first-order chi connectivity index (χ1) is 13.2. The van der Waals surface area contributed by atoms with Gasteiger partial charge in [0.05, 0.1) is 5.69 Å². The summed E-state index contributed by atoms with van der Waals surface area (Å²) >= 11 is 0. The Morgan fingerprint density at radius 3 is 2.37 bits per heavy atom. The van der Waals surface area contributed by atoms with Crippen LogP contribution in [0.3, 0.4) is 0 Å². The van der Waals surface area contributed by atoms with Crippen LogP contribution in [0.2, 0.25) is 0 Å². The van der Waals surface area contributed by atoms with Gasteiger partial charge in [-0.2, -0.15) is 5.10 Å². The Morgan fingerprint density at radius 1 is 0.926 bits per heavy atom. The number of ether oxygens (including phenoxy) is 4. The van der Waals surface area contributed by atoms with Crippen molar-refractivity contribution in [2.24, 2.45) is 7.05 Å². The number of rotatable bonds is 3. The third-order valence-corrected chi connectivity index (χ3v) is 4.41. The molecule has 136 valence electrons. The van der Waals surface area contributed by atoms with Crippen LogP contribution >= 0.6 is 0 Å². The highest BCUT2D eigenvalue weighted by atomic mass is 16.7. The maximum Gasteiger partial charge on any atom is 0.276 e. The monoisotopic (exact) mass is 365 g/mol. The van der Waals surface area contributed by atoms with Crippen LogP contribution < -0.4 is 24.3 Å². The smallest absolute Gasteiger partial charge is 0.276 e. The van der Waals surface area contributed by atoms with Gasteiger partial charge in [0.2, 0.25) is 13.6 Å². The Kier molecular flexibility index (Phi) is 3.43. The van der Waals surface area contributed by atoms with Crippen molar-refractivity contribution in [2.45, 2.75) is 0 Å². The molecule has 0 fully saturated rings. The second kappa shape index (κ2) is 5.94. The summed E-state index contributed by atoms with van der Waals surface area (Å²) in [5.41, 5.74) is 2.60. The van der Waals surface area contributed by atoms with E-state index in [1.54, 1.807) is 36.0 Å². The van der Waals surface area contributed by atoms with Crippen molar-refractivity contribution in [1.29, 1.82) is 0 Å². The van der Waals surface area contributed by atoms with Crippen molar-refractivity contribution < 1.29 is 23.7 Å². The largest absolute Gasteiger partial charge is 0.454 e. The van der Waals surface area contributed by atoms with E-state index in [0.717, 1.165) is 11.3 Å². The van der Waals surface area contributed by atoms with Crippen LogP contribution in [-0.4, -0.2) is 29.3 Å². The lowest BCUT2D eigenvalue weighted by molar-refractivity contribution is 0.102. The van der Waals surface area contributed by atoms with Gasteiger partial charge in [0.25, 0.3) is 5.91 Å². The minimum absolute atomic E-state index is 0.186. The SMILES string of the molecule is Cn1nc(C(=O)Nc2ccc3c(c2)OCO3)cc1-c1ccc2c(c1)OCO2. The van der Waals surface area contributed by atoms with Crippen LogP contribution in [0.1, 0.15) is 10.5 Å². The summed E-state index contributed by atoms with van der Waals surface area (Å²) in [6.45, 7) is 0.402. The van der Waals surface area contributed by atoms with Crippen LogP contribution in [0, 0.1) is 0 Å². The molecule has 27 heavy (non-hydrogen) atoms. The van der Waals surface area contributed by atoms with Crippen LogP contribution in [0.4, 0.5) is 5.69 Å². The summed E-state index contributed by atoms with van der Waals surface area (Å²) in [6.07, 6.45) is 0. The van der Waals surface area contributed by atoms with E-state index in [4.69, 9.17) is 18.9 Å². The molecule has 0 bridgehead atoms. The predicted octanol–water partition coefficient (Wildman–Crippen LogP) is 2.80. The van der Waals surface area contributed by atoms with Gasteiger partial charge < -0.3 is 24.3 Å². The highest BCUT2D eigenvalue weighted by Gasteiger charge is 2.19. The van der Waals surface area contributed by atoms with E-state index in [1.807, 2.05) is 18.2 Å². The van der Waals surface area contributed by atoms with Gasteiger partial charge in [0.15, 0.2) is 28.7 Å². The molecule has 0 unspecified atom stereocenters. The lowest BCUT2D eigenvalue weighted by Gasteiger charge is -2.04. The zero-order chi connectivity index (χ0) is 18.4. The summed E-state index contributed by atoms with van der Waals surface area (Å²) < 4.78 is 23.0. The van der Waals surface area contributed by atoms with Crippen molar-refractivity contribution in [2.75, 3.05) is 18.9 Å². The number of hydrogen-bond acceptors (Lipinski definition) is 6. The molecule has 0 saturated heterocycles. The van der Waals surface area contributed by atoms with E-state index in [2.05, 4.69) is 10.4 Å². The Morgan fingerprint density at radius 2 is 1.59 bits per heavy atom. The molecular weight excluding hydrogens is 350 g/mol. The van der Waals surface area contributed by atoms with Gasteiger partial charge in [0, 0.05) is 24.4 Å². The number of benzene rings is 2.